The highest BCUT2D eigenvalue weighted by molar-refractivity contribution is 6.76. The van der Waals surface area contributed by atoms with Crippen molar-refractivity contribution in [3.8, 4) is 22.9 Å². The maximum Gasteiger partial charge on any atom is 0.228 e. The van der Waals surface area contributed by atoms with Crippen LogP contribution in [0.4, 0.5) is 0 Å². The minimum atomic E-state index is -1.18. The minimum Gasteiger partial charge on any atom is -0.481 e. The summed E-state index contributed by atoms with van der Waals surface area (Å²) in [6.07, 6.45) is 5.36. The molecule has 0 radical (unpaired) electrons. The lowest BCUT2D eigenvalue weighted by atomic mass is 10.1. The molecule has 0 saturated carbocycles. The van der Waals surface area contributed by atoms with Crippen molar-refractivity contribution in [1.82, 2.24) is 19.5 Å². The van der Waals surface area contributed by atoms with Crippen molar-refractivity contribution >= 4 is 30.7 Å². The molecule has 33 heavy (non-hydrogen) atoms. The number of rotatable bonds is 9. The van der Waals surface area contributed by atoms with E-state index in [1.807, 2.05) is 22.9 Å². The van der Waals surface area contributed by atoms with E-state index in [0.29, 0.717) is 44.0 Å². The van der Waals surface area contributed by atoms with E-state index >= 15 is 0 Å². The molecule has 10 heteroatoms. The molecular formula is C23H31ClN4O4Si. The smallest absolute Gasteiger partial charge is 0.228 e. The van der Waals surface area contributed by atoms with Gasteiger partial charge in [-0.3, -0.25) is 0 Å². The summed E-state index contributed by atoms with van der Waals surface area (Å²) in [5, 5.41) is 0.942. The molecule has 1 aliphatic heterocycles. The molecule has 3 aromatic rings. The summed E-state index contributed by atoms with van der Waals surface area (Å²) in [4.78, 5) is 13.2. The zero-order valence-corrected chi connectivity index (χ0v) is 21.4. The highest BCUT2D eigenvalue weighted by atomic mass is 35.5. The van der Waals surface area contributed by atoms with Crippen LogP contribution >= 0.6 is 11.6 Å². The van der Waals surface area contributed by atoms with Gasteiger partial charge in [-0.05, 0) is 29.3 Å². The fourth-order valence-electron chi connectivity index (χ4n) is 3.71. The summed E-state index contributed by atoms with van der Waals surface area (Å²) in [5.74, 6) is 1.00. The van der Waals surface area contributed by atoms with Crippen LogP contribution in [0.3, 0.4) is 0 Å². The van der Waals surface area contributed by atoms with Crippen molar-refractivity contribution in [3.63, 3.8) is 0 Å². The molecule has 4 heterocycles. The molecule has 0 aliphatic carbocycles. The molecule has 1 saturated heterocycles. The van der Waals surface area contributed by atoms with Crippen LogP contribution in [0.5, 0.6) is 11.8 Å². The zero-order valence-electron chi connectivity index (χ0n) is 19.6. The SMILES string of the molecule is COc1cc(-c2cn(COCC[Si](C)(C)C)c3nc(Cl)nc(OC4CCOCC4)c23)ccn1. The van der Waals surface area contributed by atoms with E-state index in [2.05, 4.69) is 34.6 Å². The summed E-state index contributed by atoms with van der Waals surface area (Å²) < 4.78 is 25.1. The third-order valence-corrected chi connectivity index (χ3v) is 7.46. The van der Waals surface area contributed by atoms with Crippen molar-refractivity contribution in [2.24, 2.45) is 0 Å². The van der Waals surface area contributed by atoms with Crippen molar-refractivity contribution in [3.05, 3.63) is 29.8 Å². The number of fused-ring (bicyclic) bond motifs is 1. The second-order valence-electron chi connectivity index (χ2n) is 9.37. The Kier molecular flexibility index (Phi) is 7.53. The van der Waals surface area contributed by atoms with Gasteiger partial charge in [0.2, 0.25) is 17.0 Å². The van der Waals surface area contributed by atoms with Crippen LogP contribution in [-0.2, 0) is 16.2 Å². The van der Waals surface area contributed by atoms with Crippen LogP contribution in [-0.4, -0.2) is 60.6 Å². The minimum absolute atomic E-state index is 0.0177. The number of halogens is 1. The Hall–Kier alpha value is -2.20. The largest absolute Gasteiger partial charge is 0.481 e. The monoisotopic (exact) mass is 490 g/mol. The number of aromatic nitrogens is 4. The predicted molar refractivity (Wildman–Crippen MR) is 131 cm³/mol. The fraction of sp³-hybridized carbons (Fsp3) is 0.522. The van der Waals surface area contributed by atoms with Crippen LogP contribution < -0.4 is 9.47 Å². The van der Waals surface area contributed by atoms with Gasteiger partial charge in [-0.15, -0.1) is 0 Å². The van der Waals surface area contributed by atoms with Crippen molar-refractivity contribution in [2.45, 2.75) is 51.4 Å². The molecule has 0 atom stereocenters. The summed E-state index contributed by atoms with van der Waals surface area (Å²) in [7, 11) is 0.419. The lowest BCUT2D eigenvalue weighted by Gasteiger charge is -2.23. The average Bonchev–Trinajstić information content (AvgIpc) is 3.15. The van der Waals surface area contributed by atoms with Gasteiger partial charge in [0.05, 0.1) is 25.7 Å². The van der Waals surface area contributed by atoms with E-state index in [4.69, 9.17) is 30.5 Å². The molecule has 0 spiro atoms. The Labute approximate surface area is 200 Å². The second kappa shape index (κ2) is 10.4. The lowest BCUT2D eigenvalue weighted by molar-refractivity contribution is 0.0244. The van der Waals surface area contributed by atoms with E-state index in [1.165, 1.54) is 0 Å². The molecule has 3 aromatic heterocycles. The maximum absolute atomic E-state index is 6.34. The fourth-order valence-corrected chi connectivity index (χ4v) is 4.63. The van der Waals surface area contributed by atoms with E-state index in [1.54, 1.807) is 13.3 Å². The Balaban J connectivity index is 1.74. The first-order chi connectivity index (χ1) is 15.8. The van der Waals surface area contributed by atoms with E-state index in [-0.39, 0.29) is 11.4 Å². The van der Waals surface area contributed by atoms with Gasteiger partial charge in [-0.1, -0.05) is 19.6 Å². The number of pyridine rings is 1. The standard InChI is InChI=1S/C23H31ClN4O4Si/c1-29-19-13-16(5-8-25-19)18-14-28(15-31-11-12-33(2,3)4)21-20(18)22(27-23(24)26-21)32-17-6-9-30-10-7-17/h5,8,13-14,17H,6-7,9-12,15H2,1-4H3. The van der Waals surface area contributed by atoms with Gasteiger partial charge < -0.3 is 23.5 Å². The Morgan fingerprint density at radius 2 is 2.00 bits per heavy atom. The number of methoxy groups -OCH3 is 1. The van der Waals surface area contributed by atoms with Crippen LogP contribution in [0.2, 0.25) is 31.0 Å². The van der Waals surface area contributed by atoms with E-state index in [9.17, 15) is 0 Å². The van der Waals surface area contributed by atoms with E-state index in [0.717, 1.165) is 35.4 Å². The van der Waals surface area contributed by atoms with Gasteiger partial charge in [0.25, 0.3) is 0 Å². The third kappa shape index (κ3) is 6.03. The molecule has 0 unspecified atom stereocenters. The predicted octanol–water partition coefficient (Wildman–Crippen LogP) is 5.03. The van der Waals surface area contributed by atoms with Crippen molar-refractivity contribution in [1.29, 1.82) is 0 Å². The quantitative estimate of drug-likeness (QED) is 0.236. The lowest BCUT2D eigenvalue weighted by Crippen LogP contribution is -2.26. The van der Waals surface area contributed by atoms with Gasteiger partial charge in [-0.2, -0.15) is 9.97 Å². The first kappa shape index (κ1) is 23.9. The first-order valence-corrected chi connectivity index (χ1v) is 15.3. The molecule has 0 amide bonds. The third-order valence-electron chi connectivity index (χ3n) is 5.58. The number of ether oxygens (including phenoxy) is 4. The summed E-state index contributed by atoms with van der Waals surface area (Å²) in [6.45, 7) is 9.43. The summed E-state index contributed by atoms with van der Waals surface area (Å²) in [5.41, 5.74) is 2.52. The molecule has 178 valence electrons. The van der Waals surface area contributed by atoms with Gasteiger partial charge in [0.15, 0.2) is 5.65 Å². The second-order valence-corrected chi connectivity index (χ2v) is 15.3. The Bertz CT molecular complexity index is 1100. The highest BCUT2D eigenvalue weighted by Gasteiger charge is 2.23. The molecule has 0 N–H and O–H groups in total. The first-order valence-electron chi connectivity index (χ1n) is 11.2. The number of hydrogen-bond acceptors (Lipinski definition) is 7. The normalized spacial score (nSPS) is 15.2. The topological polar surface area (TPSA) is 80.5 Å². The van der Waals surface area contributed by atoms with Gasteiger partial charge in [0, 0.05) is 51.5 Å². The van der Waals surface area contributed by atoms with Gasteiger partial charge >= 0.3 is 0 Å². The molecule has 4 rings (SSSR count). The average molecular weight is 491 g/mol. The molecule has 8 nitrogen and oxygen atoms in total. The van der Waals surface area contributed by atoms with Crippen LogP contribution in [0, 0.1) is 0 Å². The number of nitrogens with zero attached hydrogens (tertiary/aromatic N) is 4. The number of hydrogen-bond donors (Lipinski definition) is 0. The Morgan fingerprint density at radius 1 is 1.21 bits per heavy atom. The summed E-state index contributed by atoms with van der Waals surface area (Å²) >= 11 is 6.33. The maximum atomic E-state index is 6.34. The highest BCUT2D eigenvalue weighted by Crippen LogP contribution is 2.37. The van der Waals surface area contributed by atoms with Crippen LogP contribution in [0.1, 0.15) is 12.8 Å². The molecular weight excluding hydrogens is 460 g/mol. The molecule has 0 aromatic carbocycles. The van der Waals surface area contributed by atoms with Crippen LogP contribution in [0.25, 0.3) is 22.2 Å². The summed E-state index contributed by atoms with van der Waals surface area (Å²) in [6, 6.07) is 4.91. The zero-order chi connectivity index (χ0) is 23.4. The van der Waals surface area contributed by atoms with E-state index < -0.39 is 8.07 Å². The van der Waals surface area contributed by atoms with Gasteiger partial charge in [0.1, 0.15) is 12.8 Å². The molecule has 1 aliphatic rings. The van der Waals surface area contributed by atoms with Crippen molar-refractivity contribution < 1.29 is 18.9 Å². The van der Waals surface area contributed by atoms with Crippen LogP contribution in [0.15, 0.2) is 24.5 Å². The van der Waals surface area contributed by atoms with Crippen molar-refractivity contribution in [2.75, 3.05) is 26.9 Å². The molecule has 1 fully saturated rings. The Morgan fingerprint density at radius 3 is 2.73 bits per heavy atom. The van der Waals surface area contributed by atoms with Gasteiger partial charge in [-0.25, -0.2) is 4.98 Å². The molecule has 0 bridgehead atoms.